The fraction of sp³-hybridized carbons (Fsp3) is 0.458. The van der Waals surface area contributed by atoms with Crippen molar-refractivity contribution < 1.29 is 40.9 Å². The maximum atomic E-state index is 14.5. The Balaban J connectivity index is 1.77. The summed E-state index contributed by atoms with van der Waals surface area (Å²) in [5.74, 6) is -2.80. The van der Waals surface area contributed by atoms with E-state index >= 15 is 0 Å². The van der Waals surface area contributed by atoms with Gasteiger partial charge in [-0.15, -0.1) is 0 Å². The lowest BCUT2D eigenvalue weighted by molar-refractivity contribution is -0.267. The van der Waals surface area contributed by atoms with E-state index in [1.54, 1.807) is 10.8 Å². The Morgan fingerprint density at radius 1 is 1.16 bits per heavy atom. The van der Waals surface area contributed by atoms with E-state index < -0.39 is 43.8 Å². The third kappa shape index (κ3) is 6.22. The second kappa shape index (κ2) is 10.2. The minimum absolute atomic E-state index is 0.0229. The number of hydrogen-bond donors (Lipinski definition) is 1. The zero-order valence-corrected chi connectivity index (χ0v) is 21.6. The maximum absolute atomic E-state index is 14.5. The van der Waals surface area contributed by atoms with E-state index in [0.717, 1.165) is 18.2 Å². The molecule has 13 heteroatoms. The summed E-state index contributed by atoms with van der Waals surface area (Å²) in [6.07, 6.45) is -1.64. The first-order valence-electron chi connectivity index (χ1n) is 11.5. The summed E-state index contributed by atoms with van der Waals surface area (Å²) in [5.41, 5.74) is 4.48. The van der Waals surface area contributed by atoms with Gasteiger partial charge in [0.25, 0.3) is 0 Å². The van der Waals surface area contributed by atoms with E-state index in [2.05, 4.69) is 24.6 Å². The molecule has 3 heterocycles. The highest BCUT2D eigenvalue weighted by molar-refractivity contribution is 6.76. The van der Waals surface area contributed by atoms with Crippen LogP contribution in [0.4, 0.5) is 27.6 Å². The number of nitrogens with two attached hydrogens (primary N) is 1. The number of nitrogens with zero attached hydrogens (tertiary/aromatic N) is 2. The number of anilines is 1. The van der Waals surface area contributed by atoms with Crippen LogP contribution in [0.2, 0.25) is 25.7 Å². The molecular weight excluding hydrogens is 517 g/mol. The number of rotatable bonds is 10. The summed E-state index contributed by atoms with van der Waals surface area (Å²) < 4.78 is 91.8. The standard InChI is InChI=1S/C24H28F5N3O4Si/c1-37(2,3)7-6-33-14-32-10-16(23(11-34-12-23)35-13-24(27,28)29)20-19(4-5-31-22(20)32)36-21-17(25)8-15(30)9-18(21)26/h4-5,8-10H,6-7,11-14,30H2,1-3H3. The molecule has 0 amide bonds. The predicted octanol–water partition coefficient (Wildman–Crippen LogP) is 5.81. The van der Waals surface area contributed by atoms with Crippen LogP contribution in [-0.4, -0.2) is 50.2 Å². The quantitative estimate of drug-likeness (QED) is 0.150. The molecule has 37 heavy (non-hydrogen) atoms. The molecule has 1 aromatic carbocycles. The zero-order valence-electron chi connectivity index (χ0n) is 20.6. The average Bonchev–Trinajstić information content (AvgIpc) is 3.11. The average molecular weight is 546 g/mol. The Bertz CT molecular complexity index is 1250. The summed E-state index contributed by atoms with van der Waals surface area (Å²) in [4.78, 5) is 4.36. The van der Waals surface area contributed by atoms with Crippen LogP contribution in [0, 0.1) is 11.6 Å². The molecule has 0 unspecified atom stereocenters. The molecule has 7 nitrogen and oxygen atoms in total. The molecule has 1 aliphatic heterocycles. The first-order chi connectivity index (χ1) is 17.3. The summed E-state index contributed by atoms with van der Waals surface area (Å²) >= 11 is 0. The lowest BCUT2D eigenvalue weighted by Crippen LogP contribution is -2.50. The normalized spacial score (nSPS) is 15.7. The van der Waals surface area contributed by atoms with Crippen molar-refractivity contribution >= 4 is 24.8 Å². The van der Waals surface area contributed by atoms with E-state index in [1.807, 2.05) is 0 Å². The van der Waals surface area contributed by atoms with Gasteiger partial charge in [0.05, 0.1) is 18.6 Å². The molecule has 1 saturated heterocycles. The number of halogens is 5. The third-order valence-electron chi connectivity index (χ3n) is 5.85. The number of aromatic nitrogens is 2. The van der Waals surface area contributed by atoms with Crippen molar-refractivity contribution in [3.05, 3.63) is 47.8 Å². The second-order valence-corrected chi connectivity index (χ2v) is 15.8. The van der Waals surface area contributed by atoms with Gasteiger partial charge < -0.3 is 29.2 Å². The highest BCUT2D eigenvalue weighted by atomic mass is 28.3. The second-order valence-electron chi connectivity index (χ2n) is 10.2. The summed E-state index contributed by atoms with van der Waals surface area (Å²) in [7, 11) is -1.36. The Morgan fingerprint density at radius 3 is 2.41 bits per heavy atom. The van der Waals surface area contributed by atoms with E-state index in [9.17, 15) is 22.0 Å². The Labute approximate surface area is 211 Å². The van der Waals surface area contributed by atoms with Gasteiger partial charge in [-0.2, -0.15) is 13.2 Å². The molecule has 2 aromatic heterocycles. The van der Waals surface area contributed by atoms with Crippen LogP contribution in [0.15, 0.2) is 30.6 Å². The molecule has 1 aliphatic rings. The van der Waals surface area contributed by atoms with Crippen LogP contribution in [0.25, 0.3) is 11.0 Å². The van der Waals surface area contributed by atoms with Gasteiger partial charge in [0, 0.05) is 50.5 Å². The summed E-state index contributed by atoms with van der Waals surface area (Å²) in [5, 5.41) is 0.234. The number of hydrogen-bond acceptors (Lipinski definition) is 6. The van der Waals surface area contributed by atoms with Crippen LogP contribution < -0.4 is 10.5 Å². The SMILES string of the molecule is C[Si](C)(C)CCOCn1cc(C2(OCC(F)(F)F)COC2)c2c(Oc3c(F)cc(N)cc3F)ccnc21. The van der Waals surface area contributed by atoms with Gasteiger partial charge >= 0.3 is 6.18 Å². The number of alkyl halides is 3. The Kier molecular flexibility index (Phi) is 7.52. The van der Waals surface area contributed by atoms with Crippen molar-refractivity contribution in [2.24, 2.45) is 0 Å². The number of benzene rings is 1. The van der Waals surface area contributed by atoms with Gasteiger partial charge in [-0.25, -0.2) is 13.8 Å². The van der Waals surface area contributed by atoms with Gasteiger partial charge in [0.2, 0.25) is 0 Å². The van der Waals surface area contributed by atoms with Crippen LogP contribution in [-0.2, 0) is 26.5 Å². The van der Waals surface area contributed by atoms with Gasteiger partial charge in [0.15, 0.2) is 17.4 Å². The van der Waals surface area contributed by atoms with Crippen LogP contribution in [0.1, 0.15) is 5.56 Å². The van der Waals surface area contributed by atoms with Crippen LogP contribution in [0.5, 0.6) is 11.5 Å². The monoisotopic (exact) mass is 545 g/mol. The molecule has 0 radical (unpaired) electrons. The first-order valence-corrected chi connectivity index (χ1v) is 15.3. The molecule has 2 N–H and O–H groups in total. The lowest BCUT2D eigenvalue weighted by atomic mass is 9.91. The van der Waals surface area contributed by atoms with Gasteiger partial charge in [-0.05, 0) is 12.1 Å². The fourth-order valence-corrected chi connectivity index (χ4v) is 4.62. The van der Waals surface area contributed by atoms with Crippen LogP contribution in [0.3, 0.4) is 0 Å². The maximum Gasteiger partial charge on any atom is 0.411 e. The molecule has 0 atom stereocenters. The topological polar surface area (TPSA) is 80.8 Å². The smallest absolute Gasteiger partial charge is 0.411 e. The van der Waals surface area contributed by atoms with E-state index in [0.29, 0.717) is 12.3 Å². The third-order valence-corrected chi connectivity index (χ3v) is 7.56. The van der Waals surface area contributed by atoms with Crippen molar-refractivity contribution in [1.82, 2.24) is 9.55 Å². The van der Waals surface area contributed by atoms with Crippen molar-refractivity contribution in [2.45, 2.75) is 44.2 Å². The van der Waals surface area contributed by atoms with Crippen molar-refractivity contribution in [2.75, 3.05) is 32.2 Å². The molecule has 0 spiro atoms. The molecule has 4 rings (SSSR count). The molecular formula is C24H28F5N3O4Si. The molecule has 0 saturated carbocycles. The van der Waals surface area contributed by atoms with Crippen molar-refractivity contribution in [3.63, 3.8) is 0 Å². The van der Waals surface area contributed by atoms with E-state index in [4.69, 9.17) is 24.7 Å². The van der Waals surface area contributed by atoms with Gasteiger partial charge in [-0.1, -0.05) is 19.6 Å². The fourth-order valence-electron chi connectivity index (χ4n) is 3.87. The number of ether oxygens (including phenoxy) is 4. The molecule has 202 valence electrons. The largest absolute Gasteiger partial charge is 0.450 e. The molecule has 3 aromatic rings. The number of nitrogen functional groups attached to an aromatic ring is 1. The van der Waals surface area contributed by atoms with Gasteiger partial charge in [-0.3, -0.25) is 0 Å². The molecule has 0 bridgehead atoms. The minimum Gasteiger partial charge on any atom is -0.450 e. The zero-order chi connectivity index (χ0) is 27.0. The number of pyridine rings is 1. The first kappa shape index (κ1) is 27.3. The Morgan fingerprint density at radius 2 is 1.84 bits per heavy atom. The number of fused-ring (bicyclic) bond motifs is 1. The highest BCUT2D eigenvalue weighted by Crippen LogP contribution is 2.44. The minimum atomic E-state index is -4.57. The van der Waals surface area contributed by atoms with E-state index in [-0.39, 0.29) is 42.3 Å². The molecule has 1 fully saturated rings. The summed E-state index contributed by atoms with van der Waals surface area (Å²) in [6.45, 7) is 5.35. The molecule has 0 aliphatic carbocycles. The van der Waals surface area contributed by atoms with Crippen molar-refractivity contribution in [1.29, 1.82) is 0 Å². The van der Waals surface area contributed by atoms with Crippen LogP contribution >= 0.6 is 0 Å². The lowest BCUT2D eigenvalue weighted by Gasteiger charge is -2.41. The summed E-state index contributed by atoms with van der Waals surface area (Å²) in [6, 6.07) is 4.09. The van der Waals surface area contributed by atoms with E-state index in [1.165, 1.54) is 12.3 Å². The highest BCUT2D eigenvalue weighted by Gasteiger charge is 2.47. The van der Waals surface area contributed by atoms with Crippen molar-refractivity contribution in [3.8, 4) is 11.5 Å². The Hall–Kier alpha value is -2.74. The van der Waals surface area contributed by atoms with Gasteiger partial charge in [0.1, 0.15) is 30.3 Å². The predicted molar refractivity (Wildman–Crippen MR) is 129 cm³/mol.